The lowest BCUT2D eigenvalue weighted by Crippen LogP contribution is -2.05. The van der Waals surface area contributed by atoms with E-state index in [0.717, 1.165) is 12.8 Å². The topological polar surface area (TPSA) is 17.1 Å². The van der Waals surface area contributed by atoms with Crippen LogP contribution in [0.15, 0.2) is 12.2 Å². The molecule has 1 unspecified atom stereocenters. The molecule has 12 heavy (non-hydrogen) atoms. The van der Waals surface area contributed by atoms with E-state index in [1.54, 1.807) is 6.08 Å². The van der Waals surface area contributed by atoms with Gasteiger partial charge in [0.05, 0.1) is 0 Å². The van der Waals surface area contributed by atoms with Crippen LogP contribution in [0.4, 0.5) is 0 Å². The number of rotatable bonds is 5. The average molecular weight is 166 g/mol. The summed E-state index contributed by atoms with van der Waals surface area (Å²) in [6.45, 7) is 2.21. The van der Waals surface area contributed by atoms with Crippen LogP contribution in [0.25, 0.3) is 0 Å². The normalized spacial score (nSPS) is 22.1. The highest BCUT2D eigenvalue weighted by atomic mass is 16.1. The molecule has 0 aliphatic heterocycles. The van der Waals surface area contributed by atoms with Crippen LogP contribution in [-0.2, 0) is 4.79 Å². The fourth-order valence-electron chi connectivity index (χ4n) is 1.68. The third-order valence-electron chi connectivity index (χ3n) is 2.51. The van der Waals surface area contributed by atoms with Gasteiger partial charge in [0.15, 0.2) is 5.78 Å². The fourth-order valence-corrected chi connectivity index (χ4v) is 1.68. The Balaban J connectivity index is 2.04. The van der Waals surface area contributed by atoms with E-state index < -0.39 is 0 Å². The molecule has 0 saturated carbocycles. The molecule has 1 heteroatoms. The van der Waals surface area contributed by atoms with E-state index in [9.17, 15) is 4.79 Å². The van der Waals surface area contributed by atoms with Crippen molar-refractivity contribution in [1.82, 2.24) is 0 Å². The molecule has 0 heterocycles. The van der Waals surface area contributed by atoms with E-state index in [-0.39, 0.29) is 0 Å². The van der Waals surface area contributed by atoms with Gasteiger partial charge in [-0.2, -0.15) is 0 Å². The zero-order valence-corrected chi connectivity index (χ0v) is 7.88. The quantitative estimate of drug-likeness (QED) is 0.573. The summed E-state index contributed by atoms with van der Waals surface area (Å²) < 4.78 is 0. The van der Waals surface area contributed by atoms with E-state index in [1.165, 1.54) is 25.7 Å². The van der Waals surface area contributed by atoms with Crippen molar-refractivity contribution in [3.05, 3.63) is 12.2 Å². The summed E-state index contributed by atoms with van der Waals surface area (Å²) in [7, 11) is 0. The molecule has 0 aromatic rings. The molecule has 1 aliphatic carbocycles. The lowest BCUT2D eigenvalue weighted by Gasteiger charge is -2.06. The van der Waals surface area contributed by atoms with E-state index in [4.69, 9.17) is 0 Å². The van der Waals surface area contributed by atoms with Gasteiger partial charge >= 0.3 is 0 Å². The van der Waals surface area contributed by atoms with Crippen LogP contribution in [0.3, 0.4) is 0 Å². The smallest absolute Gasteiger partial charge is 0.158 e. The third-order valence-corrected chi connectivity index (χ3v) is 2.51. The fraction of sp³-hybridized carbons (Fsp3) is 0.727. The highest BCUT2D eigenvalue weighted by Gasteiger charge is 2.18. The molecule has 68 valence electrons. The van der Waals surface area contributed by atoms with Crippen molar-refractivity contribution in [1.29, 1.82) is 0 Å². The highest BCUT2D eigenvalue weighted by Crippen LogP contribution is 2.20. The van der Waals surface area contributed by atoms with Crippen LogP contribution in [0.1, 0.15) is 45.4 Å². The second kappa shape index (κ2) is 5.13. The molecule has 0 spiro atoms. The van der Waals surface area contributed by atoms with Crippen LogP contribution in [0.2, 0.25) is 0 Å². The second-order valence-corrected chi connectivity index (χ2v) is 3.59. The van der Waals surface area contributed by atoms with Crippen molar-refractivity contribution >= 4 is 5.78 Å². The lowest BCUT2D eigenvalue weighted by molar-refractivity contribution is -0.117. The zero-order valence-electron chi connectivity index (χ0n) is 7.88. The molecular formula is C11H18O. The van der Waals surface area contributed by atoms with Crippen molar-refractivity contribution < 1.29 is 4.79 Å². The summed E-state index contributed by atoms with van der Waals surface area (Å²) in [5, 5.41) is 0. The lowest BCUT2D eigenvalue weighted by atomic mass is 9.98. The maximum absolute atomic E-state index is 11.2. The largest absolute Gasteiger partial charge is 0.295 e. The first-order chi connectivity index (χ1) is 5.84. The number of carbonyl (C=O) groups is 1. The molecule has 0 aromatic heterocycles. The summed E-state index contributed by atoms with van der Waals surface area (Å²) in [4.78, 5) is 11.2. The molecule has 1 atom stereocenters. The van der Waals surface area contributed by atoms with E-state index in [0.29, 0.717) is 11.7 Å². The first-order valence-corrected chi connectivity index (χ1v) is 5.05. The van der Waals surface area contributed by atoms with E-state index in [1.807, 2.05) is 6.08 Å². The maximum Gasteiger partial charge on any atom is 0.158 e. The van der Waals surface area contributed by atoms with Gasteiger partial charge in [-0.05, 0) is 18.9 Å². The van der Waals surface area contributed by atoms with Crippen LogP contribution in [0.5, 0.6) is 0 Å². The number of hydrogen-bond acceptors (Lipinski definition) is 1. The predicted octanol–water partition coefficient (Wildman–Crippen LogP) is 3.10. The summed E-state index contributed by atoms with van der Waals surface area (Å²) >= 11 is 0. The molecule has 0 amide bonds. The molecule has 0 aromatic carbocycles. The van der Waals surface area contributed by atoms with Gasteiger partial charge in [0, 0.05) is 5.92 Å². The number of unbranched alkanes of at least 4 members (excludes halogenated alkanes) is 3. The monoisotopic (exact) mass is 166 g/mol. The number of ketones is 1. The minimum atomic E-state index is 0.335. The Hall–Kier alpha value is -0.590. The van der Waals surface area contributed by atoms with Gasteiger partial charge in [0.25, 0.3) is 0 Å². The first kappa shape index (κ1) is 9.50. The van der Waals surface area contributed by atoms with Gasteiger partial charge in [-0.15, -0.1) is 0 Å². The Kier molecular flexibility index (Phi) is 4.06. The molecule has 0 N–H and O–H groups in total. The van der Waals surface area contributed by atoms with Gasteiger partial charge in [-0.1, -0.05) is 38.7 Å². The number of allylic oxidation sites excluding steroid dienone is 2. The second-order valence-electron chi connectivity index (χ2n) is 3.59. The minimum absolute atomic E-state index is 0.335. The van der Waals surface area contributed by atoms with Crippen molar-refractivity contribution in [2.24, 2.45) is 5.92 Å². The number of hydrogen-bond donors (Lipinski definition) is 0. The Morgan fingerprint density at radius 3 is 2.83 bits per heavy atom. The molecule has 1 aliphatic rings. The maximum atomic E-state index is 11.2. The van der Waals surface area contributed by atoms with Crippen LogP contribution in [0, 0.1) is 5.92 Å². The average Bonchev–Trinajstić information content (AvgIpc) is 2.46. The van der Waals surface area contributed by atoms with Crippen molar-refractivity contribution in [2.45, 2.75) is 45.4 Å². The molecule has 1 nitrogen and oxygen atoms in total. The summed E-state index contributed by atoms with van der Waals surface area (Å²) in [6.07, 6.45) is 10.9. The van der Waals surface area contributed by atoms with Crippen LogP contribution >= 0.6 is 0 Å². The van der Waals surface area contributed by atoms with Crippen molar-refractivity contribution in [3.8, 4) is 0 Å². The van der Waals surface area contributed by atoms with E-state index in [2.05, 4.69) is 6.92 Å². The van der Waals surface area contributed by atoms with Gasteiger partial charge < -0.3 is 0 Å². The highest BCUT2D eigenvalue weighted by molar-refractivity contribution is 5.93. The summed E-state index contributed by atoms with van der Waals surface area (Å²) in [5.74, 6) is 0.688. The Labute approximate surface area is 74.9 Å². The zero-order chi connectivity index (χ0) is 8.81. The molecule has 0 saturated heterocycles. The van der Waals surface area contributed by atoms with Crippen LogP contribution in [-0.4, -0.2) is 5.78 Å². The molecule has 0 bridgehead atoms. The predicted molar refractivity (Wildman–Crippen MR) is 51.0 cm³/mol. The van der Waals surface area contributed by atoms with Gasteiger partial charge in [-0.3, -0.25) is 4.79 Å². The molecule has 1 rings (SSSR count). The van der Waals surface area contributed by atoms with Crippen LogP contribution < -0.4 is 0 Å². The summed E-state index contributed by atoms with van der Waals surface area (Å²) in [5.41, 5.74) is 0. The molecular weight excluding hydrogens is 148 g/mol. The number of carbonyl (C=O) groups excluding carboxylic acids is 1. The SMILES string of the molecule is CCCCCCC1CC=CC1=O. The Morgan fingerprint density at radius 1 is 1.42 bits per heavy atom. The Morgan fingerprint density at radius 2 is 2.25 bits per heavy atom. The Bertz CT molecular complexity index is 170. The van der Waals surface area contributed by atoms with Gasteiger partial charge in [0.1, 0.15) is 0 Å². The van der Waals surface area contributed by atoms with Crippen molar-refractivity contribution in [2.75, 3.05) is 0 Å². The van der Waals surface area contributed by atoms with Gasteiger partial charge in [-0.25, -0.2) is 0 Å². The standard InChI is InChI=1S/C11H18O/c1-2-3-4-5-7-10-8-6-9-11(10)12/h6,9-10H,2-5,7-8H2,1H3. The van der Waals surface area contributed by atoms with Crippen molar-refractivity contribution in [3.63, 3.8) is 0 Å². The van der Waals surface area contributed by atoms with E-state index >= 15 is 0 Å². The molecule has 0 fully saturated rings. The third kappa shape index (κ3) is 2.80. The first-order valence-electron chi connectivity index (χ1n) is 5.05. The minimum Gasteiger partial charge on any atom is -0.295 e. The summed E-state index contributed by atoms with van der Waals surface area (Å²) in [6, 6.07) is 0. The molecule has 0 radical (unpaired) electrons. The van der Waals surface area contributed by atoms with Gasteiger partial charge in [0.2, 0.25) is 0 Å².